The first-order valence-corrected chi connectivity index (χ1v) is 12.7. The lowest BCUT2D eigenvalue weighted by Gasteiger charge is -2.23. The van der Waals surface area contributed by atoms with E-state index in [1.54, 1.807) is 24.5 Å². The molecular weight excluding hydrogens is 491 g/mol. The molecule has 1 unspecified atom stereocenters. The van der Waals surface area contributed by atoms with Crippen LogP contribution in [0.15, 0.2) is 102 Å². The van der Waals surface area contributed by atoms with Crippen molar-refractivity contribution in [2.45, 2.75) is 11.0 Å². The highest BCUT2D eigenvalue weighted by Gasteiger charge is 2.28. The number of rotatable bonds is 6. The summed E-state index contributed by atoms with van der Waals surface area (Å²) in [5.41, 5.74) is 2.53. The third-order valence-corrected chi connectivity index (χ3v) is 6.79. The number of fused-ring (bicyclic) bond motifs is 1. The highest BCUT2D eigenvalue weighted by molar-refractivity contribution is 7.89. The van der Waals surface area contributed by atoms with Crippen molar-refractivity contribution in [2.75, 3.05) is 0 Å². The van der Waals surface area contributed by atoms with Gasteiger partial charge in [0.25, 0.3) is 0 Å². The Bertz CT molecular complexity index is 1750. The number of aromatic nitrogens is 2. The number of pyridine rings is 2. The van der Waals surface area contributed by atoms with Crippen molar-refractivity contribution in [3.63, 3.8) is 0 Å². The van der Waals surface area contributed by atoms with E-state index in [1.165, 1.54) is 42.6 Å². The van der Waals surface area contributed by atoms with Crippen LogP contribution in [0.25, 0.3) is 22.0 Å². The van der Waals surface area contributed by atoms with Crippen molar-refractivity contribution in [3.8, 4) is 22.9 Å². The van der Waals surface area contributed by atoms with Gasteiger partial charge < -0.3 is 4.74 Å². The lowest BCUT2D eigenvalue weighted by atomic mass is 10.0. The first-order valence-electron chi connectivity index (χ1n) is 11.1. The fourth-order valence-electron chi connectivity index (χ4n) is 4.11. The Morgan fingerprint density at radius 1 is 0.946 bits per heavy atom. The molecule has 2 N–H and O–H groups in total. The van der Waals surface area contributed by atoms with Crippen molar-refractivity contribution in [3.05, 3.63) is 120 Å². The Hall–Kier alpha value is -4.65. The second kappa shape index (κ2) is 9.78. The van der Waals surface area contributed by atoms with E-state index in [0.717, 1.165) is 10.9 Å². The molecule has 0 aliphatic carbocycles. The molecule has 5 rings (SSSR count). The number of nitrogens with two attached hydrogens (primary N) is 1. The molecule has 182 valence electrons. The number of nitrogens with zero attached hydrogens (tertiary/aromatic N) is 3. The maximum atomic E-state index is 13.8. The minimum Gasteiger partial charge on any atom is -0.478 e. The zero-order valence-electron chi connectivity index (χ0n) is 19.2. The molecule has 9 heteroatoms. The summed E-state index contributed by atoms with van der Waals surface area (Å²) in [4.78, 5) is 8.21. The first kappa shape index (κ1) is 24.1. The van der Waals surface area contributed by atoms with Crippen LogP contribution >= 0.6 is 0 Å². The molecule has 0 amide bonds. The molecule has 0 bridgehead atoms. The third kappa shape index (κ3) is 4.89. The van der Waals surface area contributed by atoms with Gasteiger partial charge in [-0.2, -0.15) is 5.26 Å². The predicted octanol–water partition coefficient (Wildman–Crippen LogP) is 5.12. The summed E-state index contributed by atoms with van der Waals surface area (Å²) in [5, 5.41) is 16.4. The van der Waals surface area contributed by atoms with Crippen molar-refractivity contribution in [2.24, 2.45) is 5.14 Å². The van der Waals surface area contributed by atoms with Crippen LogP contribution in [0.4, 0.5) is 4.39 Å². The Morgan fingerprint density at radius 2 is 1.73 bits per heavy atom. The average molecular weight is 511 g/mol. The van der Waals surface area contributed by atoms with E-state index in [0.29, 0.717) is 16.7 Å². The Morgan fingerprint density at radius 3 is 2.43 bits per heavy atom. The van der Waals surface area contributed by atoms with Gasteiger partial charge in [-0.05, 0) is 42.0 Å². The van der Waals surface area contributed by atoms with Gasteiger partial charge in [-0.1, -0.05) is 42.5 Å². The smallest absolute Gasteiger partial charge is 0.242 e. The minimum absolute atomic E-state index is 0.0301. The van der Waals surface area contributed by atoms with Crippen molar-refractivity contribution < 1.29 is 17.5 Å². The van der Waals surface area contributed by atoms with Gasteiger partial charge in [0, 0.05) is 40.7 Å². The van der Waals surface area contributed by atoms with E-state index < -0.39 is 21.9 Å². The zero-order valence-corrected chi connectivity index (χ0v) is 20.1. The first-order chi connectivity index (χ1) is 17.8. The number of sulfonamides is 1. The third-order valence-electron chi connectivity index (χ3n) is 5.81. The molecule has 1 atom stereocenters. The van der Waals surface area contributed by atoms with E-state index in [1.807, 2.05) is 36.4 Å². The van der Waals surface area contributed by atoms with Gasteiger partial charge in [0.1, 0.15) is 16.8 Å². The van der Waals surface area contributed by atoms with Crippen LogP contribution in [0.5, 0.6) is 5.75 Å². The van der Waals surface area contributed by atoms with Crippen LogP contribution in [0.3, 0.4) is 0 Å². The number of nitriles is 1. The lowest BCUT2D eigenvalue weighted by Crippen LogP contribution is -2.18. The molecule has 5 aromatic rings. The molecular formula is C28H19FN4O3S. The second-order valence-electron chi connectivity index (χ2n) is 8.23. The lowest BCUT2D eigenvalue weighted by molar-refractivity contribution is 0.239. The van der Waals surface area contributed by atoms with Crippen LogP contribution in [0, 0.1) is 17.1 Å². The molecule has 0 saturated carbocycles. The number of hydrogen-bond donors (Lipinski definition) is 1. The Labute approximate surface area is 212 Å². The predicted molar refractivity (Wildman–Crippen MR) is 136 cm³/mol. The largest absolute Gasteiger partial charge is 0.478 e. The van der Waals surface area contributed by atoms with Crippen molar-refractivity contribution in [1.82, 2.24) is 9.97 Å². The Kier molecular flexibility index (Phi) is 6.36. The molecule has 0 saturated heterocycles. The average Bonchev–Trinajstić information content (AvgIpc) is 2.91. The quantitative estimate of drug-likeness (QED) is 0.339. The van der Waals surface area contributed by atoms with Crippen LogP contribution < -0.4 is 9.88 Å². The Balaban J connectivity index is 1.75. The number of hydrogen-bond acceptors (Lipinski definition) is 6. The number of benzene rings is 3. The molecule has 3 aromatic carbocycles. The summed E-state index contributed by atoms with van der Waals surface area (Å²) in [6, 6.07) is 23.2. The van der Waals surface area contributed by atoms with Gasteiger partial charge in [0.05, 0.1) is 11.1 Å². The monoisotopic (exact) mass is 510 g/mol. The van der Waals surface area contributed by atoms with Crippen LogP contribution in [-0.4, -0.2) is 18.4 Å². The maximum Gasteiger partial charge on any atom is 0.242 e. The number of halogens is 1. The van der Waals surface area contributed by atoms with E-state index in [-0.39, 0.29) is 21.8 Å². The molecule has 0 aliphatic rings. The van der Waals surface area contributed by atoms with E-state index in [9.17, 15) is 18.1 Å². The van der Waals surface area contributed by atoms with E-state index in [2.05, 4.69) is 9.97 Å². The summed E-state index contributed by atoms with van der Waals surface area (Å²) in [5.74, 6) is -0.658. The number of ether oxygens (including phenoxy) is 1. The van der Waals surface area contributed by atoms with Crippen LogP contribution in [-0.2, 0) is 10.0 Å². The molecule has 7 nitrogen and oxygen atoms in total. The molecule has 2 aromatic heterocycles. The number of para-hydroxylation sites is 1. The molecule has 2 heterocycles. The maximum absolute atomic E-state index is 13.8. The van der Waals surface area contributed by atoms with Crippen LogP contribution in [0.2, 0.25) is 0 Å². The highest BCUT2D eigenvalue weighted by Crippen LogP contribution is 2.40. The van der Waals surface area contributed by atoms with Gasteiger partial charge in [-0.3, -0.25) is 9.97 Å². The highest BCUT2D eigenvalue weighted by atomic mass is 32.2. The summed E-state index contributed by atoms with van der Waals surface area (Å²) >= 11 is 0. The molecule has 0 radical (unpaired) electrons. The van der Waals surface area contributed by atoms with E-state index in [4.69, 9.17) is 9.88 Å². The fourth-order valence-corrected chi connectivity index (χ4v) is 5.02. The van der Waals surface area contributed by atoms with Gasteiger partial charge in [0.2, 0.25) is 10.0 Å². The van der Waals surface area contributed by atoms with Crippen molar-refractivity contribution in [1.29, 1.82) is 5.26 Å². The standard InChI is InChI=1S/C28H19FN4O3S/c29-23-10-7-18(8-11-23)26(22-14-19-4-1-2-6-25(19)33-17-22)36-27-20(15-30)9-12-24(28(27)37(31,34)35)21-5-3-13-32-16-21/h1-14,16-17,26H,(H2,31,34,35). The fraction of sp³-hybridized carbons (Fsp3) is 0.0357. The molecule has 0 spiro atoms. The SMILES string of the molecule is N#Cc1ccc(-c2cccnc2)c(S(N)(=O)=O)c1OC(c1ccc(F)cc1)c1cnc2ccccc2c1. The summed E-state index contributed by atoms with van der Waals surface area (Å²) in [6.07, 6.45) is 3.71. The van der Waals surface area contributed by atoms with Gasteiger partial charge in [-0.15, -0.1) is 0 Å². The summed E-state index contributed by atoms with van der Waals surface area (Å²) in [6.45, 7) is 0. The number of primary sulfonamides is 1. The van der Waals surface area contributed by atoms with Crippen LogP contribution in [0.1, 0.15) is 22.8 Å². The van der Waals surface area contributed by atoms with Gasteiger partial charge in [0.15, 0.2) is 11.9 Å². The van der Waals surface area contributed by atoms with Crippen molar-refractivity contribution >= 4 is 20.9 Å². The topological polar surface area (TPSA) is 119 Å². The molecule has 0 fully saturated rings. The summed E-state index contributed by atoms with van der Waals surface area (Å²) < 4.78 is 45.9. The second-order valence-corrected chi connectivity index (χ2v) is 9.73. The van der Waals surface area contributed by atoms with Gasteiger partial charge >= 0.3 is 0 Å². The van der Waals surface area contributed by atoms with Gasteiger partial charge in [-0.25, -0.2) is 17.9 Å². The van der Waals surface area contributed by atoms with E-state index >= 15 is 0 Å². The molecule has 0 aliphatic heterocycles. The minimum atomic E-state index is -4.38. The summed E-state index contributed by atoms with van der Waals surface area (Å²) in [7, 11) is -4.38. The zero-order chi connectivity index (χ0) is 26.0. The normalized spacial score (nSPS) is 12.1. The molecule has 37 heavy (non-hydrogen) atoms.